The van der Waals surface area contributed by atoms with E-state index >= 15 is 0 Å². The van der Waals surface area contributed by atoms with Crippen molar-refractivity contribution >= 4 is 34.8 Å². The summed E-state index contributed by atoms with van der Waals surface area (Å²) in [4.78, 5) is 28.2. The van der Waals surface area contributed by atoms with Crippen molar-refractivity contribution in [2.45, 2.75) is 27.7 Å². The molecule has 0 atom stereocenters. The summed E-state index contributed by atoms with van der Waals surface area (Å²) in [5, 5.41) is 9.26. The Hall–Kier alpha value is -2.57. The SMILES string of the molecule is Cc1ccc(N2C(=O)C(SCCO)=C(c3ccc(OCC(C)C)cc3)C2=O)c(C)c1. The van der Waals surface area contributed by atoms with Crippen LogP contribution in [-0.2, 0) is 9.59 Å². The molecule has 30 heavy (non-hydrogen) atoms. The minimum Gasteiger partial charge on any atom is -0.493 e. The number of imide groups is 1. The Bertz CT molecular complexity index is 979. The number of hydrogen-bond donors (Lipinski definition) is 1. The molecule has 2 aromatic carbocycles. The fourth-order valence-corrected chi connectivity index (χ4v) is 4.16. The summed E-state index contributed by atoms with van der Waals surface area (Å²) in [7, 11) is 0. The van der Waals surface area contributed by atoms with E-state index in [1.165, 1.54) is 16.7 Å². The summed E-state index contributed by atoms with van der Waals surface area (Å²) >= 11 is 1.21. The van der Waals surface area contributed by atoms with E-state index in [9.17, 15) is 14.7 Å². The van der Waals surface area contributed by atoms with Gasteiger partial charge in [0.15, 0.2) is 0 Å². The van der Waals surface area contributed by atoms with Crippen molar-refractivity contribution in [2.75, 3.05) is 23.9 Å². The lowest BCUT2D eigenvalue weighted by molar-refractivity contribution is -0.119. The van der Waals surface area contributed by atoms with Gasteiger partial charge in [0.1, 0.15) is 5.75 Å². The number of aliphatic hydroxyl groups is 1. The molecule has 0 fully saturated rings. The van der Waals surface area contributed by atoms with Gasteiger partial charge in [-0.15, -0.1) is 11.8 Å². The summed E-state index contributed by atoms with van der Waals surface area (Å²) in [5.74, 6) is 0.785. The lowest BCUT2D eigenvalue weighted by atomic mass is 10.1. The Kier molecular flexibility index (Phi) is 7.00. The fraction of sp³-hybridized carbons (Fsp3) is 0.333. The predicted octanol–water partition coefficient (Wildman–Crippen LogP) is 4.35. The van der Waals surface area contributed by atoms with Crippen LogP contribution in [0.3, 0.4) is 0 Å². The van der Waals surface area contributed by atoms with Crippen molar-refractivity contribution < 1.29 is 19.4 Å². The molecule has 1 aliphatic rings. The van der Waals surface area contributed by atoms with Crippen molar-refractivity contribution in [3.63, 3.8) is 0 Å². The average molecular weight is 426 g/mol. The number of carbonyl (C=O) groups is 2. The Morgan fingerprint density at radius 1 is 1.03 bits per heavy atom. The monoisotopic (exact) mass is 425 g/mol. The van der Waals surface area contributed by atoms with E-state index in [1.807, 2.05) is 38.1 Å². The van der Waals surface area contributed by atoms with E-state index in [0.29, 0.717) is 40.0 Å². The highest BCUT2D eigenvalue weighted by Gasteiger charge is 2.40. The third-order valence-electron chi connectivity index (χ3n) is 4.70. The standard InChI is InChI=1S/C24H27NO4S/c1-15(2)14-29-19-8-6-18(7-9-19)21-22(30-12-11-26)24(28)25(23(21)27)20-10-5-16(3)13-17(20)4/h5-10,13,15,26H,11-12,14H2,1-4H3. The molecule has 0 spiro atoms. The molecular formula is C24H27NO4S. The van der Waals surface area contributed by atoms with Crippen LogP contribution in [0.5, 0.6) is 5.75 Å². The zero-order valence-corrected chi connectivity index (χ0v) is 18.6. The second-order valence-corrected chi connectivity index (χ2v) is 8.85. The second-order valence-electron chi connectivity index (χ2n) is 7.74. The fourth-order valence-electron chi connectivity index (χ4n) is 3.30. The molecule has 1 heterocycles. The number of anilines is 1. The molecule has 0 aromatic heterocycles. The number of hydrogen-bond acceptors (Lipinski definition) is 5. The van der Waals surface area contributed by atoms with Crippen molar-refractivity contribution in [1.29, 1.82) is 0 Å². The van der Waals surface area contributed by atoms with Crippen LogP contribution in [0.4, 0.5) is 5.69 Å². The molecule has 2 amide bonds. The molecule has 1 N–H and O–H groups in total. The van der Waals surface area contributed by atoms with Crippen LogP contribution in [-0.4, -0.2) is 35.9 Å². The molecule has 0 saturated carbocycles. The Morgan fingerprint density at radius 2 is 1.73 bits per heavy atom. The molecule has 0 bridgehead atoms. The van der Waals surface area contributed by atoms with Crippen LogP contribution < -0.4 is 9.64 Å². The van der Waals surface area contributed by atoms with Crippen LogP contribution in [0.2, 0.25) is 0 Å². The summed E-state index contributed by atoms with van der Waals surface area (Å²) in [6.45, 7) is 8.55. The number of rotatable bonds is 8. The van der Waals surface area contributed by atoms with Gasteiger partial charge in [0, 0.05) is 5.75 Å². The molecule has 5 nitrogen and oxygen atoms in total. The van der Waals surface area contributed by atoms with Crippen molar-refractivity contribution in [3.8, 4) is 5.75 Å². The topological polar surface area (TPSA) is 66.8 Å². The van der Waals surface area contributed by atoms with Gasteiger partial charge in [-0.25, -0.2) is 4.90 Å². The highest BCUT2D eigenvalue weighted by molar-refractivity contribution is 8.04. The number of nitrogens with zero attached hydrogens (tertiary/aromatic N) is 1. The van der Waals surface area contributed by atoms with Crippen LogP contribution in [0.25, 0.3) is 5.57 Å². The zero-order valence-electron chi connectivity index (χ0n) is 17.8. The van der Waals surface area contributed by atoms with Crippen molar-refractivity contribution in [2.24, 2.45) is 5.92 Å². The van der Waals surface area contributed by atoms with Gasteiger partial charge in [0.2, 0.25) is 0 Å². The predicted molar refractivity (Wildman–Crippen MR) is 122 cm³/mol. The van der Waals surface area contributed by atoms with Gasteiger partial charge in [-0.05, 0) is 49.1 Å². The van der Waals surface area contributed by atoms with Crippen LogP contribution in [0, 0.1) is 19.8 Å². The zero-order chi connectivity index (χ0) is 21.8. The third-order valence-corrected chi connectivity index (χ3v) is 5.75. The van der Waals surface area contributed by atoms with Crippen LogP contribution in [0.1, 0.15) is 30.5 Å². The summed E-state index contributed by atoms with van der Waals surface area (Å²) in [6.07, 6.45) is 0. The lowest BCUT2D eigenvalue weighted by Crippen LogP contribution is -2.32. The molecular weight excluding hydrogens is 398 g/mol. The smallest absolute Gasteiger partial charge is 0.272 e. The third kappa shape index (κ3) is 4.60. The van der Waals surface area contributed by atoms with E-state index in [0.717, 1.165) is 16.9 Å². The molecule has 6 heteroatoms. The number of thioether (sulfide) groups is 1. The van der Waals surface area contributed by atoms with Crippen LogP contribution >= 0.6 is 11.8 Å². The normalized spacial score (nSPS) is 14.3. The maximum Gasteiger partial charge on any atom is 0.272 e. The largest absolute Gasteiger partial charge is 0.493 e. The maximum absolute atomic E-state index is 13.4. The molecule has 0 aliphatic carbocycles. The van der Waals surface area contributed by atoms with Crippen LogP contribution in [0.15, 0.2) is 47.4 Å². The van der Waals surface area contributed by atoms with Gasteiger partial charge >= 0.3 is 0 Å². The van der Waals surface area contributed by atoms with Gasteiger partial charge in [-0.2, -0.15) is 0 Å². The van der Waals surface area contributed by atoms with Crippen molar-refractivity contribution in [1.82, 2.24) is 0 Å². The number of aliphatic hydroxyl groups excluding tert-OH is 1. The molecule has 0 radical (unpaired) electrons. The van der Waals surface area contributed by atoms with E-state index in [1.54, 1.807) is 18.2 Å². The summed E-state index contributed by atoms with van der Waals surface area (Å²) in [6, 6.07) is 12.9. The molecule has 158 valence electrons. The number of ether oxygens (including phenoxy) is 1. The second kappa shape index (κ2) is 9.49. The molecule has 0 saturated heterocycles. The highest BCUT2D eigenvalue weighted by Crippen LogP contribution is 2.39. The highest BCUT2D eigenvalue weighted by atomic mass is 32.2. The first kappa shape index (κ1) is 22.1. The van der Waals surface area contributed by atoms with E-state index in [4.69, 9.17) is 4.74 Å². The lowest BCUT2D eigenvalue weighted by Gasteiger charge is -2.18. The minimum absolute atomic E-state index is 0.0749. The molecule has 1 aliphatic heterocycles. The van der Waals surface area contributed by atoms with E-state index in [-0.39, 0.29) is 18.4 Å². The first-order chi connectivity index (χ1) is 14.3. The molecule has 2 aromatic rings. The maximum atomic E-state index is 13.4. The first-order valence-corrected chi connectivity index (χ1v) is 11.0. The minimum atomic E-state index is -0.347. The van der Waals surface area contributed by atoms with E-state index < -0.39 is 0 Å². The Labute approximate surface area is 181 Å². The summed E-state index contributed by atoms with van der Waals surface area (Å²) < 4.78 is 5.73. The van der Waals surface area contributed by atoms with Gasteiger partial charge < -0.3 is 9.84 Å². The van der Waals surface area contributed by atoms with Gasteiger partial charge in [0.05, 0.1) is 29.4 Å². The number of amides is 2. The van der Waals surface area contributed by atoms with Crippen molar-refractivity contribution in [3.05, 3.63) is 64.1 Å². The number of aryl methyl sites for hydroxylation is 2. The number of benzene rings is 2. The van der Waals surface area contributed by atoms with Gasteiger partial charge in [-0.3, -0.25) is 9.59 Å². The number of carbonyl (C=O) groups excluding carboxylic acids is 2. The molecule has 3 rings (SSSR count). The van der Waals surface area contributed by atoms with E-state index in [2.05, 4.69) is 13.8 Å². The Morgan fingerprint density at radius 3 is 2.33 bits per heavy atom. The van der Waals surface area contributed by atoms with Gasteiger partial charge in [0.25, 0.3) is 11.8 Å². The first-order valence-electron chi connectivity index (χ1n) is 10.0. The average Bonchev–Trinajstić information content (AvgIpc) is 2.95. The molecule has 0 unspecified atom stereocenters. The summed E-state index contributed by atoms with van der Waals surface area (Å²) in [5.41, 5.74) is 3.55. The van der Waals surface area contributed by atoms with Gasteiger partial charge in [-0.1, -0.05) is 43.7 Å². The quantitative estimate of drug-likeness (QED) is 0.637. The Balaban J connectivity index is 1.98.